The molecule has 0 saturated carbocycles. The molecule has 0 aliphatic rings. The average molecular weight is 334 g/mol. The van der Waals surface area contributed by atoms with Crippen LogP contribution in [0.3, 0.4) is 0 Å². The van der Waals surface area contributed by atoms with Crippen molar-refractivity contribution in [1.82, 2.24) is 0 Å². The van der Waals surface area contributed by atoms with Crippen LogP contribution in [0.2, 0.25) is 5.02 Å². The first kappa shape index (κ1) is 16.3. The number of carbonyl (C=O) groups excluding carboxylic acids is 1. The van der Waals surface area contributed by atoms with Gasteiger partial charge in [-0.2, -0.15) is 0 Å². The van der Waals surface area contributed by atoms with Gasteiger partial charge in [0, 0.05) is 16.5 Å². The number of nitro benzene ring substituents is 1. The lowest BCUT2D eigenvalue weighted by atomic mass is 10.1. The van der Waals surface area contributed by atoms with Crippen molar-refractivity contribution in [2.45, 2.75) is 4.90 Å². The van der Waals surface area contributed by atoms with Crippen LogP contribution in [0.1, 0.15) is 15.9 Å². The van der Waals surface area contributed by atoms with Crippen molar-refractivity contribution < 1.29 is 9.72 Å². The van der Waals surface area contributed by atoms with Gasteiger partial charge in [0.15, 0.2) is 5.78 Å². The molecule has 0 radical (unpaired) electrons. The molecule has 0 atom stereocenters. The molecular weight excluding hydrogens is 322 g/mol. The number of allylic oxidation sites excluding steroid dienone is 1. The number of hydrogen-bond acceptors (Lipinski definition) is 4. The molecule has 0 aliphatic carbocycles. The molecule has 0 aliphatic heterocycles. The molecule has 0 aromatic heterocycles. The van der Waals surface area contributed by atoms with Crippen molar-refractivity contribution in [3.63, 3.8) is 0 Å². The van der Waals surface area contributed by atoms with Gasteiger partial charge in [0.1, 0.15) is 5.02 Å². The lowest BCUT2D eigenvalue weighted by Crippen LogP contribution is -1.94. The minimum absolute atomic E-state index is 0.0705. The van der Waals surface area contributed by atoms with E-state index in [-0.39, 0.29) is 16.5 Å². The van der Waals surface area contributed by atoms with Crippen LogP contribution in [0.25, 0.3) is 6.08 Å². The van der Waals surface area contributed by atoms with E-state index < -0.39 is 4.92 Å². The molecule has 2 aromatic carbocycles. The lowest BCUT2D eigenvalue weighted by Gasteiger charge is -1.99. The van der Waals surface area contributed by atoms with Gasteiger partial charge in [-0.05, 0) is 48.2 Å². The second-order valence-electron chi connectivity index (χ2n) is 4.39. The highest BCUT2D eigenvalue weighted by Gasteiger charge is 2.11. The molecule has 2 rings (SSSR count). The number of ketones is 1. The Morgan fingerprint density at radius 3 is 2.50 bits per heavy atom. The third-order valence-corrected chi connectivity index (χ3v) is 4.03. The van der Waals surface area contributed by atoms with Crippen LogP contribution >= 0.6 is 23.4 Å². The third kappa shape index (κ3) is 3.96. The molecule has 2 aromatic rings. The summed E-state index contributed by atoms with van der Waals surface area (Å²) in [6.07, 6.45) is 4.89. The Hall–Kier alpha value is -2.11. The Morgan fingerprint density at radius 2 is 1.91 bits per heavy atom. The van der Waals surface area contributed by atoms with Gasteiger partial charge in [-0.25, -0.2) is 0 Å². The third-order valence-electron chi connectivity index (χ3n) is 2.97. The molecule has 0 bridgehead atoms. The summed E-state index contributed by atoms with van der Waals surface area (Å²) in [6.45, 7) is 0. The van der Waals surface area contributed by atoms with Crippen molar-refractivity contribution in [2.75, 3.05) is 6.26 Å². The Labute approximate surface area is 136 Å². The number of thioether (sulfide) groups is 1. The number of carbonyl (C=O) groups is 1. The maximum Gasteiger partial charge on any atom is 0.288 e. The normalized spacial score (nSPS) is 10.8. The van der Waals surface area contributed by atoms with E-state index in [2.05, 4.69) is 0 Å². The molecule has 112 valence electrons. The second-order valence-corrected chi connectivity index (χ2v) is 5.68. The number of rotatable bonds is 5. The van der Waals surface area contributed by atoms with Gasteiger partial charge in [-0.3, -0.25) is 14.9 Å². The predicted octanol–water partition coefficient (Wildman–Crippen LogP) is 4.87. The van der Waals surface area contributed by atoms with Crippen molar-refractivity contribution >= 4 is 40.9 Å². The summed E-state index contributed by atoms with van der Waals surface area (Å²) < 4.78 is 0. The first-order valence-corrected chi connectivity index (χ1v) is 7.92. The zero-order chi connectivity index (χ0) is 16.1. The van der Waals surface area contributed by atoms with E-state index >= 15 is 0 Å². The molecule has 0 amide bonds. The summed E-state index contributed by atoms with van der Waals surface area (Å²) in [5, 5.41) is 10.9. The van der Waals surface area contributed by atoms with Crippen molar-refractivity contribution in [3.8, 4) is 0 Å². The summed E-state index contributed by atoms with van der Waals surface area (Å²) in [5.74, 6) is -0.162. The molecule has 0 unspecified atom stereocenters. The quantitative estimate of drug-likeness (QED) is 0.257. The van der Waals surface area contributed by atoms with Gasteiger partial charge >= 0.3 is 0 Å². The van der Waals surface area contributed by atoms with Crippen LogP contribution < -0.4 is 0 Å². The van der Waals surface area contributed by atoms with E-state index in [4.69, 9.17) is 11.6 Å². The molecule has 0 fully saturated rings. The van der Waals surface area contributed by atoms with Crippen molar-refractivity contribution in [1.29, 1.82) is 0 Å². The highest BCUT2D eigenvalue weighted by molar-refractivity contribution is 7.98. The number of benzene rings is 2. The van der Waals surface area contributed by atoms with E-state index in [9.17, 15) is 14.9 Å². The lowest BCUT2D eigenvalue weighted by molar-refractivity contribution is -0.384. The molecule has 0 saturated heterocycles. The minimum Gasteiger partial charge on any atom is -0.289 e. The van der Waals surface area contributed by atoms with Crippen LogP contribution in [-0.2, 0) is 0 Å². The van der Waals surface area contributed by atoms with Crippen LogP contribution in [-0.4, -0.2) is 17.0 Å². The minimum atomic E-state index is -0.553. The maximum absolute atomic E-state index is 12.0. The standard InChI is InChI=1S/C16H12ClNO3S/c1-22-13-6-4-12(5-7-13)16(19)9-3-11-2-8-14(17)15(10-11)18(20)21/h2-10H,1H3/b9-3+. The Morgan fingerprint density at radius 1 is 1.23 bits per heavy atom. The van der Waals surface area contributed by atoms with E-state index in [1.807, 2.05) is 18.4 Å². The maximum atomic E-state index is 12.0. The van der Waals surface area contributed by atoms with Crippen LogP contribution in [0.15, 0.2) is 53.4 Å². The van der Waals surface area contributed by atoms with Gasteiger partial charge in [0.05, 0.1) is 4.92 Å². The highest BCUT2D eigenvalue weighted by Crippen LogP contribution is 2.25. The number of nitrogens with zero attached hydrogens (tertiary/aromatic N) is 1. The fourth-order valence-corrected chi connectivity index (χ4v) is 2.39. The van der Waals surface area contributed by atoms with Gasteiger partial charge < -0.3 is 0 Å². The van der Waals surface area contributed by atoms with E-state index in [0.29, 0.717) is 11.1 Å². The predicted molar refractivity (Wildman–Crippen MR) is 89.7 cm³/mol. The van der Waals surface area contributed by atoms with Gasteiger partial charge in [0.25, 0.3) is 5.69 Å². The van der Waals surface area contributed by atoms with Crippen LogP contribution in [0.5, 0.6) is 0 Å². The monoisotopic (exact) mass is 333 g/mol. The van der Waals surface area contributed by atoms with Crippen molar-refractivity contribution in [2.24, 2.45) is 0 Å². The Balaban J connectivity index is 2.18. The molecule has 6 heteroatoms. The first-order valence-electron chi connectivity index (χ1n) is 6.31. The number of halogens is 1. The summed E-state index contributed by atoms with van der Waals surface area (Å²) in [5.41, 5.74) is 0.934. The average Bonchev–Trinajstić information content (AvgIpc) is 2.53. The van der Waals surface area contributed by atoms with Gasteiger partial charge in [-0.1, -0.05) is 23.7 Å². The topological polar surface area (TPSA) is 60.2 Å². The van der Waals surface area contributed by atoms with E-state index in [1.165, 1.54) is 24.3 Å². The molecular formula is C16H12ClNO3S. The summed E-state index contributed by atoms with van der Waals surface area (Å²) in [6, 6.07) is 11.7. The molecule has 0 spiro atoms. The summed E-state index contributed by atoms with van der Waals surface area (Å²) >= 11 is 7.34. The zero-order valence-electron chi connectivity index (χ0n) is 11.7. The van der Waals surface area contributed by atoms with Crippen LogP contribution in [0.4, 0.5) is 5.69 Å². The molecule has 0 N–H and O–H groups in total. The summed E-state index contributed by atoms with van der Waals surface area (Å²) in [7, 11) is 0. The Kier molecular flexibility index (Phi) is 5.35. The smallest absolute Gasteiger partial charge is 0.288 e. The number of nitro groups is 1. The zero-order valence-corrected chi connectivity index (χ0v) is 13.2. The van der Waals surface area contributed by atoms with E-state index in [0.717, 1.165) is 4.90 Å². The van der Waals surface area contributed by atoms with Crippen molar-refractivity contribution in [3.05, 3.63) is 74.8 Å². The number of hydrogen-bond donors (Lipinski definition) is 0. The first-order chi connectivity index (χ1) is 10.5. The highest BCUT2D eigenvalue weighted by atomic mass is 35.5. The fraction of sp³-hybridized carbons (Fsp3) is 0.0625. The SMILES string of the molecule is CSc1ccc(C(=O)/C=C/c2ccc(Cl)c([N+](=O)[O-])c2)cc1. The second kappa shape index (κ2) is 7.24. The largest absolute Gasteiger partial charge is 0.289 e. The van der Waals surface area contributed by atoms with E-state index in [1.54, 1.807) is 30.0 Å². The molecule has 0 heterocycles. The Bertz CT molecular complexity index is 742. The molecule has 4 nitrogen and oxygen atoms in total. The molecule has 22 heavy (non-hydrogen) atoms. The summed E-state index contributed by atoms with van der Waals surface area (Å²) in [4.78, 5) is 23.4. The van der Waals surface area contributed by atoms with Gasteiger partial charge in [-0.15, -0.1) is 11.8 Å². The fourth-order valence-electron chi connectivity index (χ4n) is 1.80. The van der Waals surface area contributed by atoms with Crippen LogP contribution in [0, 0.1) is 10.1 Å². The van der Waals surface area contributed by atoms with Gasteiger partial charge in [0.2, 0.25) is 0 Å².